The van der Waals surface area contributed by atoms with E-state index in [4.69, 9.17) is 9.47 Å². The molecule has 2 aromatic rings. The van der Waals surface area contributed by atoms with Gasteiger partial charge in [0.2, 0.25) is 10.0 Å². The van der Waals surface area contributed by atoms with E-state index < -0.39 is 16.1 Å². The van der Waals surface area contributed by atoms with Crippen molar-refractivity contribution in [1.82, 2.24) is 4.31 Å². The third-order valence-electron chi connectivity index (χ3n) is 4.00. The Morgan fingerprint density at radius 3 is 2.12 bits per heavy atom. The fourth-order valence-corrected chi connectivity index (χ4v) is 3.86. The minimum atomic E-state index is -3.72. The molecule has 0 bridgehead atoms. The first-order valence-electron chi connectivity index (χ1n) is 7.72. The highest BCUT2D eigenvalue weighted by Crippen LogP contribution is 2.25. The van der Waals surface area contributed by atoms with E-state index in [0.29, 0.717) is 22.6 Å². The number of nitrogens with zero attached hydrogens (tertiary/aromatic N) is 1. The van der Waals surface area contributed by atoms with Crippen LogP contribution in [0, 0.1) is 6.92 Å². The highest BCUT2D eigenvalue weighted by molar-refractivity contribution is 7.89. The first-order valence-corrected chi connectivity index (χ1v) is 9.16. The Hall–Kier alpha value is -2.09. The third kappa shape index (κ3) is 4.31. The van der Waals surface area contributed by atoms with Crippen LogP contribution in [0.2, 0.25) is 0 Å². The Kier molecular flexibility index (Phi) is 6.05. The van der Waals surface area contributed by atoms with Crippen molar-refractivity contribution < 1.29 is 23.0 Å². The summed E-state index contributed by atoms with van der Waals surface area (Å²) < 4.78 is 36.9. The molecular weight excluding hydrogens is 342 g/mol. The Balaban J connectivity index is 2.18. The summed E-state index contributed by atoms with van der Waals surface area (Å²) in [5.74, 6) is 1.27. The number of ether oxygens (including phenoxy) is 2. The molecule has 136 valence electrons. The molecular formula is C18H23NO5S. The van der Waals surface area contributed by atoms with Gasteiger partial charge in [-0.15, -0.1) is 0 Å². The summed E-state index contributed by atoms with van der Waals surface area (Å²) in [7, 11) is 0.819. The second kappa shape index (κ2) is 7.86. The molecule has 0 aliphatic carbocycles. The lowest BCUT2D eigenvalue weighted by Crippen LogP contribution is -2.31. The number of benzene rings is 2. The maximum atomic E-state index is 12.8. The van der Waals surface area contributed by atoms with Crippen LogP contribution in [0.5, 0.6) is 11.5 Å². The van der Waals surface area contributed by atoms with Crippen molar-refractivity contribution in [3.63, 3.8) is 0 Å². The fraction of sp³-hybridized carbons (Fsp3) is 0.333. The molecule has 25 heavy (non-hydrogen) atoms. The summed E-state index contributed by atoms with van der Waals surface area (Å²) in [6.45, 7) is 1.66. The van der Waals surface area contributed by atoms with Gasteiger partial charge in [0.05, 0.1) is 25.2 Å². The average molecular weight is 365 g/mol. The number of sulfonamides is 1. The van der Waals surface area contributed by atoms with Crippen molar-refractivity contribution in [3.8, 4) is 11.5 Å². The summed E-state index contributed by atoms with van der Waals surface area (Å²) in [6, 6.07) is 11.7. The average Bonchev–Trinajstić information content (AvgIpc) is 2.61. The first-order chi connectivity index (χ1) is 11.8. The molecule has 0 heterocycles. The standard InChI is InChI=1S/C18H23NO5S/c1-13-11-16(24-4)9-10-18(13)25(21,22)19(2)12-17(20)14-5-7-15(23-3)8-6-14/h5-11,17,20H,12H2,1-4H3. The van der Waals surface area contributed by atoms with Crippen LogP contribution in [0.3, 0.4) is 0 Å². The van der Waals surface area contributed by atoms with Gasteiger partial charge in [-0.1, -0.05) is 12.1 Å². The second-order valence-electron chi connectivity index (χ2n) is 5.71. The van der Waals surface area contributed by atoms with Gasteiger partial charge in [0.25, 0.3) is 0 Å². The van der Waals surface area contributed by atoms with Gasteiger partial charge in [-0.3, -0.25) is 0 Å². The summed E-state index contributed by atoms with van der Waals surface area (Å²) >= 11 is 0. The number of aryl methyl sites for hydroxylation is 1. The van der Waals surface area contributed by atoms with Crippen molar-refractivity contribution in [3.05, 3.63) is 53.6 Å². The van der Waals surface area contributed by atoms with Crippen LogP contribution in [-0.4, -0.2) is 45.6 Å². The van der Waals surface area contributed by atoms with Crippen LogP contribution in [0.4, 0.5) is 0 Å². The monoisotopic (exact) mass is 365 g/mol. The maximum Gasteiger partial charge on any atom is 0.243 e. The summed E-state index contributed by atoms with van der Waals surface area (Å²) in [4.78, 5) is 0.192. The predicted molar refractivity (Wildman–Crippen MR) is 95.5 cm³/mol. The Morgan fingerprint density at radius 1 is 1.04 bits per heavy atom. The third-order valence-corrected chi connectivity index (χ3v) is 5.98. The molecule has 0 aliphatic heterocycles. The van der Waals surface area contributed by atoms with Crippen molar-refractivity contribution in [1.29, 1.82) is 0 Å². The molecule has 1 unspecified atom stereocenters. The minimum absolute atomic E-state index is 0.0554. The van der Waals surface area contributed by atoms with Gasteiger partial charge in [-0.25, -0.2) is 8.42 Å². The van der Waals surface area contributed by atoms with Crippen LogP contribution < -0.4 is 9.47 Å². The van der Waals surface area contributed by atoms with Crippen molar-refractivity contribution in [2.75, 3.05) is 27.8 Å². The minimum Gasteiger partial charge on any atom is -0.497 e. The van der Waals surface area contributed by atoms with E-state index in [1.807, 2.05) is 0 Å². The summed E-state index contributed by atoms with van der Waals surface area (Å²) in [5, 5.41) is 10.3. The maximum absolute atomic E-state index is 12.8. The molecule has 1 atom stereocenters. The first kappa shape index (κ1) is 19.2. The summed E-state index contributed by atoms with van der Waals surface area (Å²) in [5.41, 5.74) is 1.21. The van der Waals surface area contributed by atoms with E-state index in [0.717, 1.165) is 4.31 Å². The second-order valence-corrected chi connectivity index (χ2v) is 7.72. The van der Waals surface area contributed by atoms with Crippen LogP contribution in [0.25, 0.3) is 0 Å². The Bertz CT molecular complexity index is 818. The number of hydrogen-bond donors (Lipinski definition) is 1. The summed E-state index contributed by atoms with van der Waals surface area (Å²) in [6.07, 6.45) is -0.941. The number of rotatable bonds is 7. The van der Waals surface area contributed by atoms with Gasteiger partial charge in [0, 0.05) is 13.6 Å². The zero-order valence-corrected chi connectivity index (χ0v) is 15.6. The molecule has 0 radical (unpaired) electrons. The van der Waals surface area contributed by atoms with E-state index in [1.165, 1.54) is 20.2 Å². The number of hydrogen-bond acceptors (Lipinski definition) is 5. The smallest absolute Gasteiger partial charge is 0.243 e. The van der Waals surface area contributed by atoms with Crippen LogP contribution in [0.1, 0.15) is 17.2 Å². The molecule has 6 nitrogen and oxygen atoms in total. The molecule has 0 aromatic heterocycles. The number of likely N-dealkylation sites (N-methyl/N-ethyl adjacent to an activating group) is 1. The van der Waals surface area contributed by atoms with E-state index in [2.05, 4.69) is 0 Å². The van der Waals surface area contributed by atoms with E-state index in [-0.39, 0.29) is 11.4 Å². The molecule has 7 heteroatoms. The molecule has 2 aromatic carbocycles. The fourth-order valence-electron chi connectivity index (χ4n) is 2.48. The number of aliphatic hydroxyl groups is 1. The zero-order valence-electron chi connectivity index (χ0n) is 14.8. The van der Waals surface area contributed by atoms with E-state index in [9.17, 15) is 13.5 Å². The normalized spacial score (nSPS) is 12.9. The molecule has 0 amide bonds. The molecule has 2 rings (SSSR count). The molecule has 0 saturated carbocycles. The van der Waals surface area contributed by atoms with Crippen molar-refractivity contribution in [2.24, 2.45) is 0 Å². The zero-order chi connectivity index (χ0) is 18.6. The highest BCUT2D eigenvalue weighted by atomic mass is 32.2. The lowest BCUT2D eigenvalue weighted by molar-refractivity contribution is 0.155. The SMILES string of the molecule is COc1ccc(C(O)CN(C)S(=O)(=O)c2ccc(OC)cc2C)cc1. The highest BCUT2D eigenvalue weighted by Gasteiger charge is 2.25. The van der Waals surface area contributed by atoms with Gasteiger partial charge in [-0.05, 0) is 48.4 Å². The molecule has 0 aliphatic rings. The Labute approximate surface area is 148 Å². The van der Waals surface area contributed by atoms with Gasteiger partial charge < -0.3 is 14.6 Å². The molecule has 1 N–H and O–H groups in total. The van der Waals surface area contributed by atoms with Crippen LogP contribution in [0.15, 0.2) is 47.4 Å². The van der Waals surface area contributed by atoms with Gasteiger partial charge in [0.1, 0.15) is 11.5 Å². The predicted octanol–water partition coefficient (Wildman–Crippen LogP) is 2.37. The topological polar surface area (TPSA) is 76.1 Å². The molecule has 0 fully saturated rings. The Morgan fingerprint density at radius 2 is 1.60 bits per heavy atom. The number of aliphatic hydroxyl groups excluding tert-OH is 1. The van der Waals surface area contributed by atoms with E-state index >= 15 is 0 Å². The van der Waals surface area contributed by atoms with Crippen molar-refractivity contribution >= 4 is 10.0 Å². The molecule has 0 spiro atoms. The van der Waals surface area contributed by atoms with E-state index in [1.54, 1.807) is 50.4 Å². The lowest BCUT2D eigenvalue weighted by atomic mass is 10.1. The van der Waals surface area contributed by atoms with Crippen LogP contribution in [-0.2, 0) is 10.0 Å². The van der Waals surface area contributed by atoms with Gasteiger partial charge in [-0.2, -0.15) is 4.31 Å². The molecule has 0 saturated heterocycles. The number of methoxy groups -OCH3 is 2. The van der Waals surface area contributed by atoms with Crippen molar-refractivity contribution in [2.45, 2.75) is 17.9 Å². The quantitative estimate of drug-likeness (QED) is 0.815. The van der Waals surface area contributed by atoms with Gasteiger partial charge >= 0.3 is 0 Å². The van der Waals surface area contributed by atoms with Gasteiger partial charge in [0.15, 0.2) is 0 Å². The largest absolute Gasteiger partial charge is 0.497 e. The van der Waals surface area contributed by atoms with Crippen LogP contribution >= 0.6 is 0 Å². The lowest BCUT2D eigenvalue weighted by Gasteiger charge is -2.22.